The molecule has 3 rings (SSSR count). The molecular weight excluding hydrogens is 300 g/mol. The molecule has 0 saturated carbocycles. The maximum absolute atomic E-state index is 12.7. The van der Waals surface area contributed by atoms with Crippen LogP contribution in [-0.4, -0.2) is 46.1 Å². The van der Waals surface area contributed by atoms with Crippen LogP contribution in [0.15, 0.2) is 42.7 Å². The van der Waals surface area contributed by atoms with Crippen molar-refractivity contribution in [3.05, 3.63) is 53.9 Å². The van der Waals surface area contributed by atoms with Gasteiger partial charge in [-0.15, -0.1) is 0 Å². The van der Waals surface area contributed by atoms with Crippen LogP contribution in [0, 0.1) is 0 Å². The highest BCUT2D eigenvalue weighted by atomic mass is 16.2. The number of rotatable bonds is 5. The number of hydrogen-bond acceptors (Lipinski definition) is 3. The van der Waals surface area contributed by atoms with Gasteiger partial charge in [0.15, 0.2) is 0 Å². The second-order valence-electron chi connectivity index (χ2n) is 6.78. The number of carbonyl (C=O) groups excluding carboxylic acids is 1. The molecule has 1 saturated heterocycles. The number of piperidine rings is 1. The summed E-state index contributed by atoms with van der Waals surface area (Å²) in [4.78, 5) is 16.9. The van der Waals surface area contributed by atoms with Crippen molar-refractivity contribution < 1.29 is 4.79 Å². The minimum absolute atomic E-state index is 0.153. The Labute approximate surface area is 143 Å². The van der Waals surface area contributed by atoms with Gasteiger partial charge in [0.1, 0.15) is 6.54 Å². The van der Waals surface area contributed by atoms with Gasteiger partial charge in [-0.2, -0.15) is 5.10 Å². The molecule has 0 aliphatic carbocycles. The molecule has 0 unspecified atom stereocenters. The first kappa shape index (κ1) is 16.7. The monoisotopic (exact) mass is 326 g/mol. The van der Waals surface area contributed by atoms with Gasteiger partial charge in [0.25, 0.3) is 0 Å². The molecule has 2 aromatic rings. The van der Waals surface area contributed by atoms with Crippen LogP contribution in [0.25, 0.3) is 0 Å². The Bertz CT molecular complexity index is 649. The number of benzene rings is 1. The summed E-state index contributed by atoms with van der Waals surface area (Å²) < 4.78 is 1.70. The molecule has 1 amide bonds. The lowest BCUT2D eigenvalue weighted by Crippen LogP contribution is -2.40. The van der Waals surface area contributed by atoms with Crippen molar-refractivity contribution in [1.29, 1.82) is 0 Å². The van der Waals surface area contributed by atoms with Crippen LogP contribution in [0.1, 0.15) is 36.4 Å². The molecule has 2 heterocycles. The maximum atomic E-state index is 12.7. The zero-order chi connectivity index (χ0) is 16.9. The molecule has 0 bridgehead atoms. The molecule has 1 aliphatic heterocycles. The van der Waals surface area contributed by atoms with E-state index in [4.69, 9.17) is 0 Å². The Balaban J connectivity index is 1.72. The van der Waals surface area contributed by atoms with Crippen molar-refractivity contribution in [3.8, 4) is 0 Å². The predicted octanol–water partition coefficient (Wildman–Crippen LogP) is 2.70. The number of aromatic nitrogens is 2. The Morgan fingerprint density at radius 3 is 2.71 bits per heavy atom. The van der Waals surface area contributed by atoms with Crippen LogP contribution in [0.5, 0.6) is 0 Å². The summed E-state index contributed by atoms with van der Waals surface area (Å²) in [6.07, 6.45) is 6.85. The van der Waals surface area contributed by atoms with Crippen LogP contribution in [0.2, 0.25) is 0 Å². The zero-order valence-electron chi connectivity index (χ0n) is 14.6. The van der Waals surface area contributed by atoms with Crippen molar-refractivity contribution >= 4 is 5.91 Å². The van der Waals surface area contributed by atoms with E-state index in [0.29, 0.717) is 6.54 Å². The number of likely N-dealkylation sites (tertiary alicyclic amines) is 1. The largest absolute Gasteiger partial charge is 0.334 e. The maximum Gasteiger partial charge on any atom is 0.244 e. The van der Waals surface area contributed by atoms with Crippen LogP contribution in [0.4, 0.5) is 0 Å². The average Bonchev–Trinajstić information content (AvgIpc) is 3.08. The summed E-state index contributed by atoms with van der Waals surface area (Å²) in [5.74, 6) is 0.153. The number of amides is 1. The third kappa shape index (κ3) is 4.03. The molecule has 1 fully saturated rings. The van der Waals surface area contributed by atoms with Gasteiger partial charge in [0.2, 0.25) is 5.91 Å². The lowest BCUT2D eigenvalue weighted by Gasteiger charge is -2.36. The van der Waals surface area contributed by atoms with Crippen molar-refractivity contribution in [3.63, 3.8) is 0 Å². The van der Waals surface area contributed by atoms with Gasteiger partial charge in [0.05, 0.1) is 6.04 Å². The Kier molecular flexibility index (Phi) is 5.30. The highest BCUT2D eigenvalue weighted by molar-refractivity contribution is 5.76. The van der Waals surface area contributed by atoms with Crippen molar-refractivity contribution in [2.75, 3.05) is 20.6 Å². The quantitative estimate of drug-likeness (QED) is 0.848. The molecule has 1 aliphatic rings. The van der Waals surface area contributed by atoms with E-state index in [1.165, 1.54) is 17.5 Å². The van der Waals surface area contributed by atoms with Crippen molar-refractivity contribution in [2.45, 2.75) is 38.4 Å². The Morgan fingerprint density at radius 2 is 2.04 bits per heavy atom. The van der Waals surface area contributed by atoms with Crippen molar-refractivity contribution in [2.24, 2.45) is 0 Å². The number of nitrogens with zero attached hydrogens (tertiary/aromatic N) is 4. The summed E-state index contributed by atoms with van der Waals surface area (Å²) in [7, 11) is 4.15. The molecule has 5 heteroatoms. The Hall–Kier alpha value is -2.14. The minimum atomic E-state index is 0.153. The lowest BCUT2D eigenvalue weighted by atomic mass is 9.94. The molecule has 128 valence electrons. The first-order valence-electron chi connectivity index (χ1n) is 8.64. The number of carbonyl (C=O) groups is 1. The van der Waals surface area contributed by atoms with Crippen LogP contribution < -0.4 is 0 Å². The van der Waals surface area contributed by atoms with Gasteiger partial charge < -0.3 is 9.80 Å². The smallest absolute Gasteiger partial charge is 0.244 e. The lowest BCUT2D eigenvalue weighted by molar-refractivity contribution is -0.135. The summed E-state index contributed by atoms with van der Waals surface area (Å²) in [5.41, 5.74) is 2.54. The van der Waals surface area contributed by atoms with Gasteiger partial charge in [-0.3, -0.25) is 9.48 Å². The molecular formula is C19H26N4O. The molecule has 1 aromatic heterocycles. The molecule has 0 radical (unpaired) electrons. The summed E-state index contributed by atoms with van der Waals surface area (Å²) in [5, 5.41) is 4.15. The van der Waals surface area contributed by atoms with E-state index in [9.17, 15) is 4.79 Å². The predicted molar refractivity (Wildman–Crippen MR) is 94.4 cm³/mol. The standard InChI is InChI=1S/C19H26N4O/c1-21(2)14-16-7-9-17(10-8-16)18-6-3-4-13-23(18)19(24)15-22-12-5-11-20-22/h5,7-12,18H,3-4,6,13-15H2,1-2H3/t18-/m1/s1. The van der Waals surface area contributed by atoms with Gasteiger partial charge in [-0.25, -0.2) is 0 Å². The third-order valence-corrected chi connectivity index (χ3v) is 4.54. The highest BCUT2D eigenvalue weighted by Gasteiger charge is 2.28. The van der Waals surface area contributed by atoms with Crippen molar-refractivity contribution in [1.82, 2.24) is 19.6 Å². The molecule has 1 atom stereocenters. The van der Waals surface area contributed by atoms with Crippen LogP contribution >= 0.6 is 0 Å². The summed E-state index contributed by atoms with van der Waals surface area (Å²) >= 11 is 0. The second-order valence-corrected chi connectivity index (χ2v) is 6.78. The molecule has 1 aromatic carbocycles. The van der Waals surface area contributed by atoms with E-state index < -0.39 is 0 Å². The molecule has 5 nitrogen and oxygen atoms in total. The van der Waals surface area contributed by atoms with E-state index in [1.54, 1.807) is 10.9 Å². The molecule has 0 spiro atoms. The first-order chi connectivity index (χ1) is 11.6. The highest BCUT2D eigenvalue weighted by Crippen LogP contribution is 2.31. The fourth-order valence-corrected chi connectivity index (χ4v) is 3.41. The fourth-order valence-electron chi connectivity index (χ4n) is 3.41. The molecule has 0 N–H and O–H groups in total. The normalized spacial score (nSPS) is 18.1. The average molecular weight is 326 g/mol. The van der Waals surface area contributed by atoms with Gasteiger partial charge in [-0.05, 0) is 50.6 Å². The first-order valence-corrected chi connectivity index (χ1v) is 8.64. The van der Waals surface area contributed by atoms with Crippen LogP contribution in [-0.2, 0) is 17.9 Å². The Morgan fingerprint density at radius 1 is 1.25 bits per heavy atom. The van der Waals surface area contributed by atoms with E-state index in [1.807, 2.05) is 17.2 Å². The third-order valence-electron chi connectivity index (χ3n) is 4.54. The number of hydrogen-bond donors (Lipinski definition) is 0. The fraction of sp³-hybridized carbons (Fsp3) is 0.474. The van der Waals surface area contributed by atoms with Gasteiger partial charge in [0, 0.05) is 25.5 Å². The second kappa shape index (κ2) is 7.62. The van der Waals surface area contributed by atoms with Crippen LogP contribution in [0.3, 0.4) is 0 Å². The van der Waals surface area contributed by atoms with Gasteiger partial charge in [-0.1, -0.05) is 24.3 Å². The minimum Gasteiger partial charge on any atom is -0.334 e. The summed E-state index contributed by atoms with van der Waals surface area (Å²) in [6.45, 7) is 2.10. The topological polar surface area (TPSA) is 41.4 Å². The SMILES string of the molecule is CN(C)Cc1ccc([C@H]2CCCCN2C(=O)Cn2cccn2)cc1. The van der Waals surface area contributed by atoms with E-state index in [2.05, 4.69) is 48.4 Å². The van der Waals surface area contributed by atoms with E-state index in [-0.39, 0.29) is 11.9 Å². The van der Waals surface area contributed by atoms with Gasteiger partial charge >= 0.3 is 0 Å². The summed E-state index contributed by atoms with van der Waals surface area (Å²) in [6, 6.07) is 10.8. The zero-order valence-corrected chi connectivity index (χ0v) is 14.6. The van der Waals surface area contributed by atoms with E-state index >= 15 is 0 Å². The molecule has 24 heavy (non-hydrogen) atoms. The van der Waals surface area contributed by atoms with E-state index in [0.717, 1.165) is 25.9 Å².